The van der Waals surface area contributed by atoms with Crippen LogP contribution in [-0.4, -0.2) is 35.1 Å². The van der Waals surface area contributed by atoms with Gasteiger partial charge in [-0.1, -0.05) is 12.1 Å². The lowest BCUT2D eigenvalue weighted by Crippen LogP contribution is -2.41. The molecule has 1 aliphatic rings. The zero-order valence-corrected chi connectivity index (χ0v) is 15.7. The normalized spacial score (nSPS) is 19.7. The SMILES string of the molecule is CC1(C)OB(C(=Cc2ccc(C(=O)O)cc2C(F)(F)F)CS)OC1(C)C. The number of alkyl halides is 3. The van der Waals surface area contributed by atoms with Crippen LogP contribution in [0.3, 0.4) is 0 Å². The van der Waals surface area contributed by atoms with Gasteiger partial charge in [0.1, 0.15) is 0 Å². The van der Waals surface area contributed by atoms with Gasteiger partial charge in [0.2, 0.25) is 0 Å². The van der Waals surface area contributed by atoms with Gasteiger partial charge in [-0.3, -0.25) is 0 Å². The Hall–Kier alpha value is -1.45. The molecule has 1 fully saturated rings. The summed E-state index contributed by atoms with van der Waals surface area (Å²) in [5.41, 5.74) is -2.49. The Bertz CT molecular complexity index is 728. The molecule has 0 saturated carbocycles. The van der Waals surface area contributed by atoms with Crippen LogP contribution in [0.4, 0.5) is 13.2 Å². The van der Waals surface area contributed by atoms with Crippen LogP contribution in [0.15, 0.2) is 23.7 Å². The van der Waals surface area contributed by atoms with E-state index in [-0.39, 0.29) is 11.3 Å². The topological polar surface area (TPSA) is 55.8 Å². The molecule has 1 aromatic rings. The van der Waals surface area contributed by atoms with Crippen LogP contribution in [0.25, 0.3) is 6.08 Å². The third-order valence-corrected chi connectivity index (χ3v) is 5.05. The average Bonchev–Trinajstić information content (AvgIpc) is 2.71. The number of halogens is 3. The molecule has 1 N–H and O–H groups in total. The molecule has 0 aromatic heterocycles. The van der Waals surface area contributed by atoms with Crippen molar-refractivity contribution in [1.29, 1.82) is 0 Å². The number of rotatable bonds is 4. The van der Waals surface area contributed by atoms with Crippen LogP contribution < -0.4 is 0 Å². The van der Waals surface area contributed by atoms with Crippen LogP contribution in [0.2, 0.25) is 0 Å². The average molecular weight is 388 g/mol. The zero-order valence-electron chi connectivity index (χ0n) is 14.8. The van der Waals surface area contributed by atoms with Crippen LogP contribution in [-0.2, 0) is 15.5 Å². The molecule has 1 heterocycles. The molecule has 0 spiro atoms. The number of benzene rings is 1. The summed E-state index contributed by atoms with van der Waals surface area (Å²) >= 11 is 4.19. The minimum Gasteiger partial charge on any atom is -0.478 e. The summed E-state index contributed by atoms with van der Waals surface area (Å²) in [5.74, 6) is -1.30. The van der Waals surface area contributed by atoms with Crippen LogP contribution in [0.5, 0.6) is 0 Å². The van der Waals surface area contributed by atoms with E-state index in [1.165, 1.54) is 6.08 Å². The molecule has 1 saturated heterocycles. The summed E-state index contributed by atoms with van der Waals surface area (Å²) in [6.45, 7) is 7.36. The van der Waals surface area contributed by atoms with Gasteiger partial charge < -0.3 is 14.4 Å². The maximum atomic E-state index is 13.4. The first kappa shape index (κ1) is 20.9. The minimum atomic E-state index is -4.70. The molecular weight excluding hydrogens is 368 g/mol. The quantitative estimate of drug-likeness (QED) is 0.595. The predicted molar refractivity (Wildman–Crippen MR) is 96.3 cm³/mol. The van der Waals surface area contributed by atoms with Crippen LogP contribution >= 0.6 is 12.6 Å². The molecular formula is C17H20BF3O4S. The number of aromatic carboxylic acids is 1. The maximum Gasteiger partial charge on any atom is 0.491 e. The monoisotopic (exact) mass is 388 g/mol. The van der Waals surface area contributed by atoms with E-state index in [1.54, 1.807) is 0 Å². The lowest BCUT2D eigenvalue weighted by molar-refractivity contribution is -0.137. The van der Waals surface area contributed by atoms with Crippen molar-refractivity contribution in [2.24, 2.45) is 0 Å². The molecule has 4 nitrogen and oxygen atoms in total. The summed E-state index contributed by atoms with van der Waals surface area (Å²) < 4.78 is 51.8. The fourth-order valence-corrected chi connectivity index (χ4v) is 2.68. The highest BCUT2D eigenvalue weighted by Crippen LogP contribution is 2.40. The molecule has 0 amide bonds. The van der Waals surface area contributed by atoms with Crippen molar-refractivity contribution < 1.29 is 32.4 Å². The second-order valence-electron chi connectivity index (χ2n) is 7.07. The first-order valence-electron chi connectivity index (χ1n) is 7.90. The second kappa shape index (κ2) is 6.94. The minimum absolute atomic E-state index is 0.120. The lowest BCUT2D eigenvalue weighted by Gasteiger charge is -2.32. The number of carbonyl (C=O) groups is 1. The molecule has 1 aliphatic heterocycles. The maximum absolute atomic E-state index is 13.4. The summed E-state index contributed by atoms with van der Waals surface area (Å²) in [6.07, 6.45) is -3.40. The van der Waals surface area contributed by atoms with Crippen molar-refractivity contribution in [3.8, 4) is 0 Å². The van der Waals surface area contributed by atoms with E-state index in [9.17, 15) is 18.0 Å². The third-order valence-electron chi connectivity index (χ3n) is 4.69. The van der Waals surface area contributed by atoms with Crippen molar-refractivity contribution in [3.63, 3.8) is 0 Å². The summed E-state index contributed by atoms with van der Waals surface area (Å²) in [6, 6.07) is 2.87. The van der Waals surface area contributed by atoms with Crippen molar-refractivity contribution in [2.75, 3.05) is 5.75 Å². The van der Waals surface area contributed by atoms with Crippen molar-refractivity contribution >= 4 is 31.8 Å². The van der Waals surface area contributed by atoms with Gasteiger partial charge in [0, 0.05) is 5.75 Å². The van der Waals surface area contributed by atoms with Gasteiger partial charge in [0.25, 0.3) is 0 Å². The molecule has 0 bridgehead atoms. The summed E-state index contributed by atoms with van der Waals surface area (Å²) in [5, 5.41) is 8.95. The molecule has 0 radical (unpaired) electrons. The van der Waals surface area contributed by atoms with E-state index in [1.807, 2.05) is 27.7 Å². The molecule has 9 heteroatoms. The Morgan fingerprint density at radius 2 is 1.77 bits per heavy atom. The first-order chi connectivity index (χ1) is 11.8. The number of carboxylic acid groups (broad SMARTS) is 1. The van der Waals surface area contributed by atoms with Gasteiger partial charge in [-0.2, -0.15) is 25.8 Å². The van der Waals surface area contributed by atoms with E-state index < -0.39 is 41.6 Å². The van der Waals surface area contributed by atoms with Gasteiger partial charge in [-0.15, -0.1) is 0 Å². The fourth-order valence-electron chi connectivity index (χ4n) is 2.44. The molecule has 0 aliphatic carbocycles. The third kappa shape index (κ3) is 4.10. The van der Waals surface area contributed by atoms with E-state index in [2.05, 4.69) is 12.6 Å². The first-order valence-corrected chi connectivity index (χ1v) is 8.53. The highest BCUT2D eigenvalue weighted by molar-refractivity contribution is 7.80. The number of thiol groups is 1. The van der Waals surface area contributed by atoms with E-state index >= 15 is 0 Å². The Kier molecular flexibility index (Phi) is 5.57. The van der Waals surface area contributed by atoms with Crippen molar-refractivity contribution in [1.82, 2.24) is 0 Å². The number of carboxylic acids is 1. The molecule has 0 unspecified atom stereocenters. The predicted octanol–water partition coefficient (Wildman–Crippen LogP) is 4.35. The smallest absolute Gasteiger partial charge is 0.478 e. The van der Waals surface area contributed by atoms with E-state index in [4.69, 9.17) is 14.4 Å². The molecule has 1 aromatic carbocycles. The van der Waals surface area contributed by atoms with Crippen LogP contribution in [0.1, 0.15) is 49.2 Å². The van der Waals surface area contributed by atoms with Crippen molar-refractivity contribution in [2.45, 2.75) is 45.1 Å². The van der Waals surface area contributed by atoms with Gasteiger partial charge in [-0.25, -0.2) is 4.79 Å². The zero-order chi connectivity index (χ0) is 19.9. The summed E-state index contributed by atoms with van der Waals surface area (Å²) in [7, 11) is -0.835. The standard InChI is InChI=1S/C17H20BF3O4S/c1-15(2)16(3,4)25-18(24-15)12(9-26)7-10-5-6-11(14(22)23)8-13(10)17(19,20)21/h5-8,26H,9H2,1-4H3,(H,22,23). The fraction of sp³-hybridized carbons (Fsp3) is 0.471. The van der Waals surface area contributed by atoms with Gasteiger partial charge in [0.05, 0.1) is 22.3 Å². The Labute approximate surface area is 155 Å². The van der Waals surface area contributed by atoms with E-state index in [0.717, 1.165) is 12.1 Å². The largest absolute Gasteiger partial charge is 0.491 e. The highest BCUT2D eigenvalue weighted by Gasteiger charge is 2.52. The van der Waals surface area contributed by atoms with Gasteiger partial charge >= 0.3 is 19.3 Å². The van der Waals surface area contributed by atoms with Crippen molar-refractivity contribution in [3.05, 3.63) is 40.4 Å². The molecule has 142 valence electrons. The highest BCUT2D eigenvalue weighted by atomic mass is 32.1. The Morgan fingerprint density at radius 1 is 1.23 bits per heavy atom. The second-order valence-corrected chi connectivity index (χ2v) is 7.39. The number of hydrogen-bond acceptors (Lipinski definition) is 4. The Morgan fingerprint density at radius 3 is 2.19 bits per heavy atom. The van der Waals surface area contributed by atoms with E-state index in [0.29, 0.717) is 11.5 Å². The summed E-state index contributed by atoms with van der Waals surface area (Å²) in [4.78, 5) is 11.0. The van der Waals surface area contributed by atoms with Gasteiger partial charge in [-0.05, 0) is 50.9 Å². The van der Waals surface area contributed by atoms with Gasteiger partial charge in [0.15, 0.2) is 0 Å². The molecule has 2 rings (SSSR count). The Balaban J connectivity index is 2.48. The molecule has 0 atom stereocenters. The lowest BCUT2D eigenvalue weighted by atomic mass is 9.78. The van der Waals surface area contributed by atoms with Crippen LogP contribution in [0, 0.1) is 0 Å². The number of hydrogen-bond donors (Lipinski definition) is 2. The molecule has 26 heavy (non-hydrogen) atoms.